The van der Waals surface area contributed by atoms with Gasteiger partial charge in [0.25, 0.3) is 0 Å². The molecule has 2 atom stereocenters. The van der Waals surface area contributed by atoms with Crippen molar-refractivity contribution in [1.29, 1.82) is 0 Å². The van der Waals surface area contributed by atoms with E-state index in [4.69, 9.17) is 0 Å². The number of nitrogens with one attached hydrogen (secondary N) is 1. The van der Waals surface area contributed by atoms with E-state index in [2.05, 4.69) is 49.8 Å². The zero-order chi connectivity index (χ0) is 14.9. The van der Waals surface area contributed by atoms with Gasteiger partial charge >= 0.3 is 0 Å². The molecule has 1 aliphatic rings. The van der Waals surface area contributed by atoms with Crippen molar-refractivity contribution in [3.05, 3.63) is 23.6 Å². The van der Waals surface area contributed by atoms with E-state index < -0.39 is 0 Å². The normalized spacial score (nSPS) is 23.4. The molecule has 0 aliphatic carbocycles. The van der Waals surface area contributed by atoms with Crippen LogP contribution in [0.3, 0.4) is 0 Å². The fraction of sp³-hybridized carbons (Fsp3) is 0.688. The Morgan fingerprint density at radius 2 is 1.90 bits per heavy atom. The summed E-state index contributed by atoms with van der Waals surface area (Å²) < 4.78 is 13.5. The number of rotatable bonds is 3. The summed E-state index contributed by atoms with van der Waals surface area (Å²) in [7, 11) is 0. The SMILES string of the molecule is CC1CN(c2ncc(F)cc2CNC(C)(C)C)CC1C. The van der Waals surface area contributed by atoms with Gasteiger partial charge in [0, 0.05) is 30.7 Å². The van der Waals surface area contributed by atoms with E-state index in [0.717, 1.165) is 24.5 Å². The molecule has 0 radical (unpaired) electrons. The monoisotopic (exact) mass is 279 g/mol. The van der Waals surface area contributed by atoms with Crippen LogP contribution in [0.4, 0.5) is 10.2 Å². The summed E-state index contributed by atoms with van der Waals surface area (Å²) >= 11 is 0. The summed E-state index contributed by atoms with van der Waals surface area (Å²) in [4.78, 5) is 6.63. The number of halogens is 1. The van der Waals surface area contributed by atoms with Crippen molar-refractivity contribution in [2.45, 2.75) is 46.7 Å². The zero-order valence-electron chi connectivity index (χ0n) is 13.2. The summed E-state index contributed by atoms with van der Waals surface area (Å²) in [6.45, 7) is 13.5. The lowest BCUT2D eigenvalue weighted by molar-refractivity contribution is 0.423. The molecule has 1 aromatic rings. The average molecular weight is 279 g/mol. The first-order chi connectivity index (χ1) is 9.26. The van der Waals surface area contributed by atoms with Gasteiger partial charge in [0.05, 0.1) is 6.20 Å². The largest absolute Gasteiger partial charge is 0.356 e. The van der Waals surface area contributed by atoms with Crippen LogP contribution in [0.5, 0.6) is 0 Å². The Morgan fingerprint density at radius 3 is 2.45 bits per heavy atom. The summed E-state index contributed by atoms with van der Waals surface area (Å²) in [5, 5.41) is 3.42. The minimum atomic E-state index is -0.264. The molecule has 0 spiro atoms. The molecule has 1 N–H and O–H groups in total. The van der Waals surface area contributed by atoms with E-state index in [1.54, 1.807) is 6.07 Å². The van der Waals surface area contributed by atoms with Crippen LogP contribution in [0.2, 0.25) is 0 Å². The van der Waals surface area contributed by atoms with Crippen molar-refractivity contribution in [2.24, 2.45) is 11.8 Å². The van der Waals surface area contributed by atoms with Gasteiger partial charge in [0.2, 0.25) is 0 Å². The van der Waals surface area contributed by atoms with Crippen molar-refractivity contribution in [2.75, 3.05) is 18.0 Å². The van der Waals surface area contributed by atoms with Crippen LogP contribution in [-0.2, 0) is 6.54 Å². The third-order valence-electron chi connectivity index (χ3n) is 4.01. The molecule has 2 heterocycles. The van der Waals surface area contributed by atoms with E-state index in [-0.39, 0.29) is 11.4 Å². The molecule has 2 unspecified atom stereocenters. The smallest absolute Gasteiger partial charge is 0.141 e. The minimum absolute atomic E-state index is 0.00911. The highest BCUT2D eigenvalue weighted by Crippen LogP contribution is 2.29. The molecule has 0 aromatic carbocycles. The molecule has 1 aromatic heterocycles. The highest BCUT2D eigenvalue weighted by molar-refractivity contribution is 5.48. The first-order valence-corrected chi connectivity index (χ1v) is 7.40. The Labute approximate surface area is 121 Å². The lowest BCUT2D eigenvalue weighted by Crippen LogP contribution is -2.36. The predicted molar refractivity (Wildman–Crippen MR) is 81.3 cm³/mol. The summed E-state index contributed by atoms with van der Waals surface area (Å²) in [6, 6.07) is 1.61. The quantitative estimate of drug-likeness (QED) is 0.921. The van der Waals surface area contributed by atoms with E-state index in [1.807, 2.05) is 0 Å². The summed E-state index contributed by atoms with van der Waals surface area (Å²) in [5.74, 6) is 1.98. The second-order valence-corrected chi connectivity index (χ2v) is 7.10. The molecule has 1 fully saturated rings. The molecule has 0 bridgehead atoms. The third-order valence-corrected chi connectivity index (χ3v) is 4.01. The van der Waals surface area contributed by atoms with Crippen LogP contribution in [0.15, 0.2) is 12.3 Å². The highest BCUT2D eigenvalue weighted by Gasteiger charge is 2.28. The Morgan fingerprint density at radius 1 is 1.30 bits per heavy atom. The van der Waals surface area contributed by atoms with Gasteiger partial charge in [0.15, 0.2) is 0 Å². The van der Waals surface area contributed by atoms with E-state index in [0.29, 0.717) is 18.4 Å². The van der Waals surface area contributed by atoms with Gasteiger partial charge in [-0.25, -0.2) is 9.37 Å². The van der Waals surface area contributed by atoms with Crippen LogP contribution in [0.25, 0.3) is 0 Å². The lowest BCUT2D eigenvalue weighted by atomic mass is 10.0. The van der Waals surface area contributed by atoms with Gasteiger partial charge in [-0.3, -0.25) is 0 Å². The van der Waals surface area contributed by atoms with Crippen molar-refractivity contribution >= 4 is 5.82 Å². The molecule has 2 rings (SSSR count). The van der Waals surface area contributed by atoms with Gasteiger partial charge < -0.3 is 10.2 Å². The number of hydrogen-bond donors (Lipinski definition) is 1. The lowest BCUT2D eigenvalue weighted by Gasteiger charge is -2.24. The van der Waals surface area contributed by atoms with Crippen LogP contribution >= 0.6 is 0 Å². The molecular formula is C16H26FN3. The Kier molecular flexibility index (Phi) is 4.33. The first-order valence-electron chi connectivity index (χ1n) is 7.40. The van der Waals surface area contributed by atoms with Crippen molar-refractivity contribution in [1.82, 2.24) is 10.3 Å². The topological polar surface area (TPSA) is 28.2 Å². The molecule has 1 aliphatic heterocycles. The van der Waals surface area contributed by atoms with Crippen molar-refractivity contribution in [3.63, 3.8) is 0 Å². The van der Waals surface area contributed by atoms with Gasteiger partial charge in [0.1, 0.15) is 11.6 Å². The fourth-order valence-corrected chi connectivity index (χ4v) is 2.55. The summed E-state index contributed by atoms with van der Waals surface area (Å²) in [5.41, 5.74) is 0.955. The van der Waals surface area contributed by atoms with Crippen molar-refractivity contribution in [3.8, 4) is 0 Å². The van der Waals surface area contributed by atoms with Crippen molar-refractivity contribution < 1.29 is 4.39 Å². The summed E-state index contributed by atoms with van der Waals surface area (Å²) in [6.07, 6.45) is 1.32. The van der Waals surface area contributed by atoms with E-state index >= 15 is 0 Å². The fourth-order valence-electron chi connectivity index (χ4n) is 2.55. The standard InChI is InChI=1S/C16H26FN3/c1-11-9-20(10-12(11)2)15-13(6-14(17)8-18-15)7-19-16(3,4)5/h6,8,11-12,19H,7,9-10H2,1-5H3. The third kappa shape index (κ3) is 3.69. The predicted octanol–water partition coefficient (Wildman–Crippen LogP) is 3.20. The second kappa shape index (κ2) is 5.68. The number of aromatic nitrogens is 1. The molecule has 4 heteroatoms. The maximum atomic E-state index is 13.5. The van der Waals surface area contributed by atoms with Gasteiger partial charge in [-0.15, -0.1) is 0 Å². The number of anilines is 1. The molecule has 1 saturated heterocycles. The Bertz CT molecular complexity index is 457. The molecular weight excluding hydrogens is 253 g/mol. The number of nitrogens with zero attached hydrogens (tertiary/aromatic N) is 2. The Hall–Kier alpha value is -1.16. The van der Waals surface area contributed by atoms with Gasteiger partial charge in [-0.05, 0) is 38.7 Å². The molecule has 0 amide bonds. The second-order valence-electron chi connectivity index (χ2n) is 7.10. The number of hydrogen-bond acceptors (Lipinski definition) is 3. The maximum Gasteiger partial charge on any atom is 0.141 e. The molecule has 0 saturated carbocycles. The number of pyridine rings is 1. The van der Waals surface area contributed by atoms with E-state index in [1.165, 1.54) is 6.20 Å². The van der Waals surface area contributed by atoms with Crippen LogP contribution in [0.1, 0.15) is 40.2 Å². The average Bonchev–Trinajstić information content (AvgIpc) is 2.66. The van der Waals surface area contributed by atoms with Gasteiger partial charge in [-0.2, -0.15) is 0 Å². The molecule has 3 nitrogen and oxygen atoms in total. The molecule has 112 valence electrons. The van der Waals surface area contributed by atoms with Crippen LogP contribution in [-0.4, -0.2) is 23.6 Å². The minimum Gasteiger partial charge on any atom is -0.356 e. The zero-order valence-corrected chi connectivity index (χ0v) is 13.2. The maximum absolute atomic E-state index is 13.5. The Balaban J connectivity index is 2.20. The first kappa shape index (κ1) is 15.2. The van der Waals surface area contributed by atoms with Crippen LogP contribution in [0, 0.1) is 17.7 Å². The highest BCUT2D eigenvalue weighted by atomic mass is 19.1. The van der Waals surface area contributed by atoms with Crippen LogP contribution < -0.4 is 10.2 Å². The molecule has 20 heavy (non-hydrogen) atoms. The van der Waals surface area contributed by atoms with Gasteiger partial charge in [-0.1, -0.05) is 13.8 Å². The van der Waals surface area contributed by atoms with E-state index in [9.17, 15) is 4.39 Å².